The Morgan fingerprint density at radius 2 is 2.25 bits per heavy atom. The van der Waals surface area contributed by atoms with Crippen molar-refractivity contribution in [2.75, 3.05) is 6.61 Å². The first-order chi connectivity index (χ1) is 7.68. The van der Waals surface area contributed by atoms with E-state index in [-0.39, 0.29) is 25.4 Å². The molecule has 0 bridgehead atoms. The Labute approximate surface area is 92.6 Å². The lowest BCUT2D eigenvalue weighted by Crippen LogP contribution is -2.08. The molecule has 88 valence electrons. The minimum atomic E-state index is -0.898. The van der Waals surface area contributed by atoms with Crippen molar-refractivity contribution in [3.8, 4) is 0 Å². The fraction of sp³-hybridized carbons (Fsp3) is 0.500. The number of rotatable bonds is 7. The van der Waals surface area contributed by atoms with E-state index in [2.05, 4.69) is 10.2 Å². The molecule has 16 heavy (non-hydrogen) atoms. The number of carboxylic acid groups (broad SMARTS) is 1. The van der Waals surface area contributed by atoms with Gasteiger partial charge in [-0.3, -0.25) is 14.7 Å². The van der Waals surface area contributed by atoms with Crippen molar-refractivity contribution in [2.45, 2.75) is 25.7 Å². The minimum Gasteiger partial charge on any atom is -0.481 e. The first-order valence-corrected chi connectivity index (χ1v) is 5.04. The van der Waals surface area contributed by atoms with Crippen LogP contribution in [0.2, 0.25) is 0 Å². The first-order valence-electron chi connectivity index (χ1n) is 5.04. The fourth-order valence-electron chi connectivity index (χ4n) is 1.15. The van der Waals surface area contributed by atoms with E-state index in [1.54, 1.807) is 12.3 Å². The van der Waals surface area contributed by atoms with Crippen molar-refractivity contribution < 1.29 is 19.4 Å². The molecule has 6 nitrogen and oxygen atoms in total. The van der Waals surface area contributed by atoms with E-state index in [4.69, 9.17) is 9.84 Å². The topological polar surface area (TPSA) is 92.3 Å². The van der Waals surface area contributed by atoms with E-state index in [1.807, 2.05) is 0 Å². The van der Waals surface area contributed by atoms with Crippen molar-refractivity contribution in [2.24, 2.45) is 0 Å². The fourth-order valence-corrected chi connectivity index (χ4v) is 1.15. The molecule has 0 atom stereocenters. The molecule has 0 saturated heterocycles. The smallest absolute Gasteiger partial charge is 0.305 e. The maximum Gasteiger partial charge on any atom is 0.305 e. The molecule has 0 spiro atoms. The Balaban J connectivity index is 2.04. The number of nitrogens with zero attached hydrogens (tertiary/aromatic N) is 1. The zero-order chi connectivity index (χ0) is 11.8. The Kier molecular flexibility index (Phi) is 5.04. The number of H-pyrrole nitrogens is 1. The highest BCUT2D eigenvalue weighted by atomic mass is 16.5. The number of nitrogens with one attached hydrogen (secondary N) is 1. The maximum atomic E-state index is 11.1. The third kappa shape index (κ3) is 5.14. The molecular weight excluding hydrogens is 212 g/mol. The van der Waals surface area contributed by atoms with Gasteiger partial charge in [0.1, 0.15) is 0 Å². The van der Waals surface area contributed by atoms with Crippen LogP contribution in [0.5, 0.6) is 0 Å². The van der Waals surface area contributed by atoms with Gasteiger partial charge in [-0.05, 0) is 12.5 Å². The molecule has 1 aromatic heterocycles. The number of aromatic amines is 1. The first kappa shape index (κ1) is 12.2. The highest BCUT2D eigenvalue weighted by Crippen LogP contribution is 1.99. The molecule has 0 radical (unpaired) electrons. The van der Waals surface area contributed by atoms with Crippen LogP contribution in [0.1, 0.15) is 25.0 Å². The Bertz CT molecular complexity index is 335. The molecule has 2 N–H and O–H groups in total. The summed E-state index contributed by atoms with van der Waals surface area (Å²) in [5.74, 6) is -1.26. The lowest BCUT2D eigenvalue weighted by Gasteiger charge is -2.02. The molecule has 1 heterocycles. The van der Waals surface area contributed by atoms with Crippen LogP contribution in [0, 0.1) is 0 Å². The quantitative estimate of drug-likeness (QED) is 0.669. The van der Waals surface area contributed by atoms with Gasteiger partial charge in [0, 0.05) is 31.2 Å². The number of carboxylic acids is 1. The van der Waals surface area contributed by atoms with Gasteiger partial charge in [0.15, 0.2) is 0 Å². The average molecular weight is 226 g/mol. The van der Waals surface area contributed by atoms with E-state index in [0.717, 1.165) is 5.69 Å². The molecule has 0 aliphatic heterocycles. The Hall–Kier alpha value is -1.85. The predicted octanol–water partition coefficient (Wildman–Crippen LogP) is 0.750. The third-order valence-electron chi connectivity index (χ3n) is 1.96. The summed E-state index contributed by atoms with van der Waals surface area (Å²) < 4.78 is 4.92. The molecule has 1 aromatic rings. The number of esters is 1. The summed E-state index contributed by atoms with van der Waals surface area (Å²) >= 11 is 0. The zero-order valence-electron chi connectivity index (χ0n) is 8.81. The van der Waals surface area contributed by atoms with Gasteiger partial charge in [-0.1, -0.05) is 0 Å². The second-order valence-electron chi connectivity index (χ2n) is 3.30. The SMILES string of the molecule is O=C(O)CCCC(=O)OCCc1ccn[nH]1. The number of ether oxygens (including phenoxy) is 1. The number of aromatic nitrogens is 2. The lowest BCUT2D eigenvalue weighted by molar-refractivity contribution is -0.144. The highest BCUT2D eigenvalue weighted by Gasteiger charge is 2.05. The Morgan fingerprint density at radius 1 is 1.44 bits per heavy atom. The van der Waals surface area contributed by atoms with E-state index < -0.39 is 5.97 Å². The summed E-state index contributed by atoms with van der Waals surface area (Å²) in [6.07, 6.45) is 2.68. The molecule has 0 amide bonds. The molecule has 0 fully saturated rings. The van der Waals surface area contributed by atoms with Crippen LogP contribution < -0.4 is 0 Å². The van der Waals surface area contributed by atoms with E-state index >= 15 is 0 Å². The number of carbonyl (C=O) groups is 2. The average Bonchev–Trinajstić information content (AvgIpc) is 2.70. The second kappa shape index (κ2) is 6.60. The highest BCUT2D eigenvalue weighted by molar-refractivity contribution is 5.71. The summed E-state index contributed by atoms with van der Waals surface area (Å²) in [7, 11) is 0. The normalized spacial score (nSPS) is 10.0. The van der Waals surface area contributed by atoms with Crippen LogP contribution in [-0.4, -0.2) is 33.8 Å². The van der Waals surface area contributed by atoms with Gasteiger partial charge in [0.25, 0.3) is 0 Å². The monoisotopic (exact) mass is 226 g/mol. The summed E-state index contributed by atoms with van der Waals surface area (Å²) in [5, 5.41) is 14.9. The molecule has 0 aliphatic carbocycles. The van der Waals surface area contributed by atoms with E-state index in [0.29, 0.717) is 12.8 Å². The zero-order valence-corrected chi connectivity index (χ0v) is 8.81. The van der Waals surface area contributed by atoms with Crippen LogP contribution in [0.3, 0.4) is 0 Å². The van der Waals surface area contributed by atoms with Gasteiger partial charge in [0.2, 0.25) is 0 Å². The molecule has 0 aromatic carbocycles. The molecule has 6 heteroatoms. The van der Waals surface area contributed by atoms with Crippen LogP contribution >= 0.6 is 0 Å². The van der Waals surface area contributed by atoms with E-state index in [9.17, 15) is 9.59 Å². The van der Waals surface area contributed by atoms with Crippen molar-refractivity contribution >= 4 is 11.9 Å². The number of carbonyl (C=O) groups excluding carboxylic acids is 1. The van der Waals surface area contributed by atoms with Gasteiger partial charge in [-0.2, -0.15) is 5.10 Å². The van der Waals surface area contributed by atoms with Crippen LogP contribution in [0.4, 0.5) is 0 Å². The molecule has 0 aliphatic rings. The molecule has 1 rings (SSSR count). The summed E-state index contributed by atoms with van der Waals surface area (Å²) in [5.41, 5.74) is 0.901. The van der Waals surface area contributed by atoms with Gasteiger partial charge < -0.3 is 9.84 Å². The number of hydrogen-bond acceptors (Lipinski definition) is 4. The standard InChI is InChI=1S/C10H14N2O4/c13-9(14)2-1-3-10(15)16-7-5-8-4-6-11-12-8/h4,6H,1-3,5,7H2,(H,11,12)(H,13,14). The molecule has 0 unspecified atom stereocenters. The van der Waals surface area contributed by atoms with E-state index in [1.165, 1.54) is 0 Å². The Morgan fingerprint density at radius 3 is 2.88 bits per heavy atom. The summed E-state index contributed by atoms with van der Waals surface area (Å²) in [6, 6.07) is 1.80. The summed E-state index contributed by atoms with van der Waals surface area (Å²) in [4.78, 5) is 21.3. The van der Waals surface area contributed by atoms with Crippen molar-refractivity contribution in [1.82, 2.24) is 10.2 Å². The van der Waals surface area contributed by atoms with Crippen LogP contribution in [-0.2, 0) is 20.7 Å². The molecule has 0 saturated carbocycles. The number of hydrogen-bond donors (Lipinski definition) is 2. The van der Waals surface area contributed by atoms with Crippen LogP contribution in [0.25, 0.3) is 0 Å². The van der Waals surface area contributed by atoms with Crippen molar-refractivity contribution in [3.63, 3.8) is 0 Å². The third-order valence-corrected chi connectivity index (χ3v) is 1.96. The maximum absolute atomic E-state index is 11.1. The van der Waals surface area contributed by atoms with Crippen molar-refractivity contribution in [3.05, 3.63) is 18.0 Å². The largest absolute Gasteiger partial charge is 0.481 e. The van der Waals surface area contributed by atoms with Gasteiger partial charge in [0.05, 0.1) is 6.61 Å². The lowest BCUT2D eigenvalue weighted by atomic mass is 10.2. The van der Waals surface area contributed by atoms with Gasteiger partial charge in [-0.15, -0.1) is 0 Å². The second-order valence-corrected chi connectivity index (χ2v) is 3.30. The minimum absolute atomic E-state index is 0.00432. The van der Waals surface area contributed by atoms with Gasteiger partial charge >= 0.3 is 11.9 Å². The summed E-state index contributed by atoms with van der Waals surface area (Å²) in [6.45, 7) is 0.286. The van der Waals surface area contributed by atoms with Gasteiger partial charge in [-0.25, -0.2) is 0 Å². The molecular formula is C10H14N2O4. The van der Waals surface area contributed by atoms with Crippen LogP contribution in [0.15, 0.2) is 12.3 Å². The van der Waals surface area contributed by atoms with Crippen molar-refractivity contribution in [1.29, 1.82) is 0 Å². The predicted molar refractivity (Wildman–Crippen MR) is 54.7 cm³/mol. The number of aliphatic carboxylic acids is 1.